The van der Waals surface area contributed by atoms with Crippen molar-refractivity contribution in [3.63, 3.8) is 0 Å². The summed E-state index contributed by atoms with van der Waals surface area (Å²) >= 11 is 0. The summed E-state index contributed by atoms with van der Waals surface area (Å²) in [5.74, 6) is -0.719. The molecule has 4 heteroatoms. The Kier molecular flexibility index (Phi) is 6.64. The molecule has 0 bridgehead atoms. The molecule has 27 heavy (non-hydrogen) atoms. The lowest BCUT2D eigenvalue weighted by molar-refractivity contribution is -0.145. The van der Waals surface area contributed by atoms with Gasteiger partial charge in [-0.25, -0.2) is 0 Å². The lowest BCUT2D eigenvalue weighted by Gasteiger charge is -2.33. The van der Waals surface area contributed by atoms with Crippen LogP contribution in [0.4, 0.5) is 0 Å². The molecule has 1 fully saturated rings. The van der Waals surface area contributed by atoms with Gasteiger partial charge in [0, 0.05) is 6.54 Å². The van der Waals surface area contributed by atoms with E-state index in [-0.39, 0.29) is 12.1 Å². The van der Waals surface area contributed by atoms with Crippen LogP contribution >= 0.6 is 0 Å². The van der Waals surface area contributed by atoms with E-state index in [9.17, 15) is 9.90 Å². The zero-order valence-corrected chi connectivity index (χ0v) is 16.2. The summed E-state index contributed by atoms with van der Waals surface area (Å²) in [6.07, 6.45) is 2.64. The third kappa shape index (κ3) is 5.18. The second kappa shape index (κ2) is 9.16. The molecule has 1 saturated heterocycles. The summed E-state index contributed by atoms with van der Waals surface area (Å²) in [5, 5.41) is 9.44. The van der Waals surface area contributed by atoms with Gasteiger partial charge in [-0.1, -0.05) is 66.1 Å². The smallest absolute Gasteiger partial charge is 0.320 e. The number of aliphatic carboxylic acids is 1. The van der Waals surface area contributed by atoms with E-state index in [1.807, 2.05) is 4.90 Å². The van der Waals surface area contributed by atoms with Gasteiger partial charge < -0.3 is 9.84 Å². The Morgan fingerprint density at radius 2 is 1.59 bits per heavy atom. The van der Waals surface area contributed by atoms with E-state index in [4.69, 9.17) is 4.74 Å². The molecule has 4 nitrogen and oxygen atoms in total. The van der Waals surface area contributed by atoms with Crippen LogP contribution in [0.3, 0.4) is 0 Å². The van der Waals surface area contributed by atoms with Crippen molar-refractivity contribution in [2.45, 2.75) is 45.3 Å². The Balaban J connectivity index is 1.70. The molecule has 3 rings (SSSR count). The normalized spacial score (nSPS) is 18.0. The van der Waals surface area contributed by atoms with Crippen LogP contribution in [0.2, 0.25) is 0 Å². The van der Waals surface area contributed by atoms with Gasteiger partial charge in [-0.05, 0) is 44.4 Å². The lowest BCUT2D eigenvalue weighted by atomic mass is 9.99. The van der Waals surface area contributed by atoms with Crippen molar-refractivity contribution in [3.8, 4) is 0 Å². The molecule has 0 spiro atoms. The quantitative estimate of drug-likeness (QED) is 0.790. The average molecular weight is 367 g/mol. The number of likely N-dealkylation sites (tertiary alicyclic amines) is 1. The third-order valence-electron chi connectivity index (χ3n) is 5.32. The minimum atomic E-state index is -0.719. The average Bonchev–Trinajstić information content (AvgIpc) is 2.67. The Morgan fingerprint density at radius 1 is 1.04 bits per heavy atom. The third-order valence-corrected chi connectivity index (χ3v) is 5.32. The zero-order chi connectivity index (χ0) is 19.2. The number of aryl methyl sites for hydroxylation is 2. The van der Waals surface area contributed by atoms with Crippen molar-refractivity contribution in [2.24, 2.45) is 0 Å². The van der Waals surface area contributed by atoms with E-state index in [2.05, 4.69) is 62.4 Å². The lowest BCUT2D eigenvalue weighted by Crippen LogP contribution is -2.46. The topological polar surface area (TPSA) is 49.8 Å². The van der Waals surface area contributed by atoms with E-state index in [0.717, 1.165) is 36.9 Å². The Morgan fingerprint density at radius 3 is 2.11 bits per heavy atom. The second-order valence-electron chi connectivity index (χ2n) is 7.46. The van der Waals surface area contributed by atoms with E-state index in [1.165, 1.54) is 11.1 Å². The van der Waals surface area contributed by atoms with E-state index >= 15 is 0 Å². The summed E-state index contributed by atoms with van der Waals surface area (Å²) in [6.45, 7) is 6.14. The number of carbonyl (C=O) groups is 1. The van der Waals surface area contributed by atoms with Gasteiger partial charge in [0.1, 0.15) is 12.1 Å². The Labute approximate surface area is 161 Å². The van der Waals surface area contributed by atoms with Crippen molar-refractivity contribution in [2.75, 3.05) is 19.7 Å². The number of ether oxygens (including phenoxy) is 1. The maximum Gasteiger partial charge on any atom is 0.320 e. The van der Waals surface area contributed by atoms with Crippen molar-refractivity contribution >= 4 is 5.97 Å². The largest absolute Gasteiger partial charge is 0.480 e. The number of hydrogen-bond acceptors (Lipinski definition) is 3. The molecule has 144 valence electrons. The predicted molar refractivity (Wildman–Crippen MR) is 107 cm³/mol. The van der Waals surface area contributed by atoms with Crippen LogP contribution in [0.15, 0.2) is 48.5 Å². The molecule has 1 aliphatic rings. The number of carboxylic acid groups (broad SMARTS) is 1. The molecule has 2 aromatic rings. The number of carboxylic acids is 1. The fourth-order valence-electron chi connectivity index (χ4n) is 3.69. The maximum absolute atomic E-state index is 11.5. The predicted octanol–water partition coefficient (Wildman–Crippen LogP) is 4.35. The molecule has 1 N–H and O–H groups in total. The van der Waals surface area contributed by atoms with Crippen molar-refractivity contribution < 1.29 is 14.6 Å². The first-order chi connectivity index (χ1) is 13.0. The van der Waals surface area contributed by atoms with Crippen molar-refractivity contribution in [3.05, 3.63) is 70.8 Å². The molecule has 0 amide bonds. The summed E-state index contributed by atoms with van der Waals surface area (Å²) in [5.41, 5.74) is 4.69. The molecular formula is C23H29NO3. The van der Waals surface area contributed by atoms with Crippen LogP contribution in [-0.4, -0.2) is 41.7 Å². The van der Waals surface area contributed by atoms with Crippen LogP contribution in [-0.2, 0) is 9.53 Å². The fraction of sp³-hybridized carbons (Fsp3) is 0.435. The van der Waals surface area contributed by atoms with Crippen LogP contribution in [0.1, 0.15) is 47.6 Å². The van der Waals surface area contributed by atoms with Gasteiger partial charge in [0.05, 0.1) is 6.61 Å². The summed E-state index contributed by atoms with van der Waals surface area (Å²) < 4.78 is 6.29. The number of hydrogen-bond donors (Lipinski definition) is 1. The van der Waals surface area contributed by atoms with Gasteiger partial charge in [0.25, 0.3) is 0 Å². The Bertz CT molecular complexity index is 694. The van der Waals surface area contributed by atoms with E-state index < -0.39 is 5.97 Å². The van der Waals surface area contributed by atoms with Gasteiger partial charge in [0.15, 0.2) is 0 Å². The zero-order valence-electron chi connectivity index (χ0n) is 16.2. The highest BCUT2D eigenvalue weighted by atomic mass is 16.5. The fourth-order valence-corrected chi connectivity index (χ4v) is 3.69. The Hall–Kier alpha value is -2.17. The molecular weight excluding hydrogens is 338 g/mol. The second-order valence-corrected chi connectivity index (χ2v) is 7.46. The van der Waals surface area contributed by atoms with Crippen molar-refractivity contribution in [1.82, 2.24) is 4.90 Å². The summed E-state index contributed by atoms with van der Waals surface area (Å²) in [7, 11) is 0. The number of nitrogens with zero attached hydrogens (tertiary/aromatic N) is 1. The SMILES string of the molecule is Cc1ccc(C(OCCN2CCCCC2C(=O)O)c2ccc(C)cc2)cc1. The standard InChI is InChI=1S/C23H29NO3/c1-17-6-10-19(11-7-17)22(20-12-8-18(2)9-13-20)27-16-15-24-14-4-3-5-21(24)23(25)26/h6-13,21-22H,3-5,14-16H2,1-2H3,(H,25,26). The molecule has 1 aliphatic heterocycles. The van der Waals surface area contributed by atoms with Crippen molar-refractivity contribution in [1.29, 1.82) is 0 Å². The molecule has 1 atom stereocenters. The number of rotatable bonds is 7. The molecule has 0 aromatic heterocycles. The summed E-state index contributed by atoms with van der Waals surface area (Å²) in [6, 6.07) is 16.5. The monoisotopic (exact) mass is 367 g/mol. The summed E-state index contributed by atoms with van der Waals surface area (Å²) in [4.78, 5) is 13.5. The minimum Gasteiger partial charge on any atom is -0.480 e. The molecule has 2 aromatic carbocycles. The number of piperidine rings is 1. The van der Waals surface area contributed by atoms with E-state index in [0.29, 0.717) is 13.2 Å². The van der Waals surface area contributed by atoms with E-state index in [1.54, 1.807) is 0 Å². The van der Waals surface area contributed by atoms with Gasteiger partial charge in [0.2, 0.25) is 0 Å². The molecule has 0 saturated carbocycles. The number of benzene rings is 2. The van der Waals surface area contributed by atoms with Gasteiger partial charge in [-0.15, -0.1) is 0 Å². The maximum atomic E-state index is 11.5. The first-order valence-electron chi connectivity index (χ1n) is 9.76. The highest BCUT2D eigenvalue weighted by molar-refractivity contribution is 5.73. The molecule has 1 unspecified atom stereocenters. The first kappa shape index (κ1) is 19.6. The highest BCUT2D eigenvalue weighted by Crippen LogP contribution is 2.27. The van der Waals surface area contributed by atoms with Crippen LogP contribution in [0.25, 0.3) is 0 Å². The molecule has 0 radical (unpaired) electrons. The minimum absolute atomic E-state index is 0.140. The highest BCUT2D eigenvalue weighted by Gasteiger charge is 2.28. The van der Waals surface area contributed by atoms with Crippen LogP contribution in [0, 0.1) is 13.8 Å². The van der Waals surface area contributed by atoms with Crippen LogP contribution in [0.5, 0.6) is 0 Å². The first-order valence-corrected chi connectivity index (χ1v) is 9.76. The molecule has 1 heterocycles. The van der Waals surface area contributed by atoms with Crippen LogP contribution < -0.4 is 0 Å². The van der Waals surface area contributed by atoms with Gasteiger partial charge >= 0.3 is 5.97 Å². The molecule has 0 aliphatic carbocycles. The van der Waals surface area contributed by atoms with Gasteiger partial charge in [-0.3, -0.25) is 9.69 Å². The van der Waals surface area contributed by atoms with Gasteiger partial charge in [-0.2, -0.15) is 0 Å².